The number of carbonyl (C=O) groups is 2. The van der Waals surface area contributed by atoms with E-state index in [0.717, 1.165) is 30.6 Å². The Balaban J connectivity index is 1.38. The number of carbonyl (C=O) groups excluding carboxylic acids is 2. The number of aromatic nitrogens is 1. The van der Waals surface area contributed by atoms with Gasteiger partial charge in [0.1, 0.15) is 0 Å². The normalized spacial score (nSPS) is 17.4. The maximum absolute atomic E-state index is 13.1. The Bertz CT molecular complexity index is 1080. The molecule has 4 nitrogen and oxygen atoms in total. The Kier molecular flexibility index (Phi) is 4.55. The van der Waals surface area contributed by atoms with Gasteiger partial charge >= 0.3 is 0 Å². The summed E-state index contributed by atoms with van der Waals surface area (Å²) in [4.78, 5) is 26.0. The number of hydrogen-bond acceptors (Lipinski definition) is 2. The molecule has 1 atom stereocenters. The smallest absolute Gasteiger partial charge is 0.233 e. The van der Waals surface area contributed by atoms with Crippen LogP contribution in [0.2, 0.25) is 0 Å². The van der Waals surface area contributed by atoms with Gasteiger partial charge in [-0.25, -0.2) is 0 Å². The summed E-state index contributed by atoms with van der Waals surface area (Å²) in [6, 6.07) is 19.3. The predicted octanol–water partition coefficient (Wildman–Crippen LogP) is 4.72. The molecule has 1 aliphatic carbocycles. The zero-order valence-corrected chi connectivity index (χ0v) is 16.4. The van der Waals surface area contributed by atoms with Crippen molar-refractivity contribution in [3.05, 3.63) is 88.7 Å². The van der Waals surface area contributed by atoms with Crippen molar-refractivity contribution in [1.29, 1.82) is 0 Å². The molecule has 1 amide bonds. The highest BCUT2D eigenvalue weighted by molar-refractivity contribution is 6.08. The number of amides is 1. The van der Waals surface area contributed by atoms with Crippen molar-refractivity contribution in [3.63, 3.8) is 0 Å². The Labute approximate surface area is 170 Å². The van der Waals surface area contributed by atoms with Crippen LogP contribution in [0, 0.1) is 0 Å². The standard InChI is InChI=1S/C25H24N2O2/c28-24(18-8-2-1-3-9-18)23-14-13-22-20(15-16-27(22)23)25(29)26-21-12-6-10-17-7-4-5-11-19(17)21/h1-3,6,8-10,12-14,20H,4-5,7,11,15-16H2,(H,26,29)/t20-/m0/s1. The van der Waals surface area contributed by atoms with Crippen molar-refractivity contribution in [1.82, 2.24) is 4.57 Å². The second kappa shape index (κ2) is 7.36. The molecule has 0 unspecified atom stereocenters. The molecule has 0 bridgehead atoms. The fourth-order valence-electron chi connectivity index (χ4n) is 4.76. The van der Waals surface area contributed by atoms with Crippen LogP contribution in [-0.4, -0.2) is 16.3 Å². The van der Waals surface area contributed by atoms with E-state index in [4.69, 9.17) is 0 Å². The number of hydrogen-bond donors (Lipinski definition) is 1. The maximum atomic E-state index is 13.1. The van der Waals surface area contributed by atoms with Gasteiger partial charge in [-0.3, -0.25) is 9.59 Å². The first-order valence-corrected chi connectivity index (χ1v) is 10.4. The highest BCUT2D eigenvalue weighted by Gasteiger charge is 2.32. The summed E-state index contributed by atoms with van der Waals surface area (Å²) in [6.07, 6.45) is 5.25. The molecule has 2 heterocycles. The number of ketones is 1. The van der Waals surface area contributed by atoms with Gasteiger partial charge in [-0.2, -0.15) is 0 Å². The molecule has 1 N–H and O–H groups in total. The lowest BCUT2D eigenvalue weighted by Crippen LogP contribution is -2.21. The van der Waals surface area contributed by atoms with Crippen LogP contribution >= 0.6 is 0 Å². The molecule has 0 saturated carbocycles. The minimum absolute atomic E-state index is 0.00929. The molecule has 0 radical (unpaired) electrons. The van der Waals surface area contributed by atoms with Crippen molar-refractivity contribution < 1.29 is 9.59 Å². The lowest BCUT2D eigenvalue weighted by atomic mass is 9.90. The van der Waals surface area contributed by atoms with Crippen LogP contribution < -0.4 is 5.32 Å². The van der Waals surface area contributed by atoms with Gasteiger partial charge in [-0.05, 0) is 61.4 Å². The second-order valence-corrected chi connectivity index (χ2v) is 7.97. The summed E-state index contributed by atoms with van der Waals surface area (Å²) in [7, 11) is 0. The predicted molar refractivity (Wildman–Crippen MR) is 113 cm³/mol. The topological polar surface area (TPSA) is 51.1 Å². The monoisotopic (exact) mass is 384 g/mol. The molecule has 29 heavy (non-hydrogen) atoms. The van der Waals surface area contributed by atoms with Gasteiger partial charge in [0, 0.05) is 23.5 Å². The van der Waals surface area contributed by atoms with Crippen molar-refractivity contribution >= 4 is 17.4 Å². The number of nitrogens with one attached hydrogen (secondary N) is 1. The average molecular weight is 384 g/mol. The Morgan fingerprint density at radius 1 is 0.897 bits per heavy atom. The third-order valence-electron chi connectivity index (χ3n) is 6.25. The summed E-state index contributed by atoms with van der Waals surface area (Å²) in [5.41, 5.74) is 5.89. The van der Waals surface area contributed by atoms with Crippen molar-refractivity contribution in [3.8, 4) is 0 Å². The van der Waals surface area contributed by atoms with E-state index in [9.17, 15) is 9.59 Å². The van der Waals surface area contributed by atoms with Gasteiger partial charge < -0.3 is 9.88 Å². The van der Waals surface area contributed by atoms with Crippen LogP contribution in [0.15, 0.2) is 60.7 Å². The Morgan fingerprint density at radius 3 is 2.59 bits per heavy atom. The van der Waals surface area contributed by atoms with E-state index in [2.05, 4.69) is 11.4 Å². The lowest BCUT2D eigenvalue weighted by molar-refractivity contribution is -0.117. The number of benzene rings is 2. The highest BCUT2D eigenvalue weighted by Crippen LogP contribution is 2.34. The first-order valence-electron chi connectivity index (χ1n) is 10.4. The van der Waals surface area contributed by atoms with Gasteiger partial charge in [0.2, 0.25) is 11.7 Å². The molecule has 2 aliphatic rings. The first-order chi connectivity index (χ1) is 14.2. The van der Waals surface area contributed by atoms with Gasteiger partial charge in [0.15, 0.2) is 0 Å². The van der Waals surface area contributed by atoms with Crippen LogP contribution in [0.25, 0.3) is 0 Å². The molecule has 0 spiro atoms. The lowest BCUT2D eigenvalue weighted by Gasteiger charge is -2.20. The van der Waals surface area contributed by atoms with Gasteiger partial charge in [-0.15, -0.1) is 0 Å². The van der Waals surface area contributed by atoms with Gasteiger partial charge in [0.25, 0.3) is 0 Å². The molecule has 2 aromatic carbocycles. The fraction of sp³-hybridized carbons (Fsp3) is 0.280. The zero-order chi connectivity index (χ0) is 19.8. The molecule has 5 rings (SSSR count). The average Bonchev–Trinajstić information content (AvgIpc) is 3.36. The molecule has 3 aromatic rings. The van der Waals surface area contributed by atoms with E-state index in [0.29, 0.717) is 17.8 Å². The number of nitrogens with zero attached hydrogens (tertiary/aromatic N) is 1. The molecule has 146 valence electrons. The van der Waals surface area contributed by atoms with E-state index in [1.807, 2.05) is 59.2 Å². The molecule has 1 aromatic heterocycles. The second-order valence-electron chi connectivity index (χ2n) is 7.97. The van der Waals surface area contributed by atoms with E-state index >= 15 is 0 Å². The summed E-state index contributed by atoms with van der Waals surface area (Å²) in [5, 5.41) is 3.19. The van der Waals surface area contributed by atoms with Gasteiger partial charge in [-0.1, -0.05) is 42.5 Å². The SMILES string of the molecule is O=C(c1ccccc1)c1ccc2n1CC[C@@H]2C(=O)Nc1cccc2c1CCCC2. The van der Waals surface area contributed by atoms with Gasteiger partial charge in [0.05, 0.1) is 11.6 Å². The third-order valence-corrected chi connectivity index (χ3v) is 6.25. The maximum Gasteiger partial charge on any atom is 0.233 e. The van der Waals surface area contributed by atoms with Crippen LogP contribution in [-0.2, 0) is 24.2 Å². The summed E-state index contributed by atoms with van der Waals surface area (Å²) in [6.45, 7) is 0.696. The van der Waals surface area contributed by atoms with Crippen LogP contribution in [0.4, 0.5) is 5.69 Å². The molecule has 0 saturated heterocycles. The van der Waals surface area contributed by atoms with E-state index < -0.39 is 0 Å². The third kappa shape index (κ3) is 3.19. The first kappa shape index (κ1) is 17.9. The molecular formula is C25H24N2O2. The molecule has 1 aliphatic heterocycles. The van der Waals surface area contributed by atoms with Crippen LogP contribution in [0.3, 0.4) is 0 Å². The molecule has 4 heteroatoms. The van der Waals surface area contributed by atoms with E-state index in [-0.39, 0.29) is 17.6 Å². The minimum Gasteiger partial charge on any atom is -0.341 e. The summed E-state index contributed by atoms with van der Waals surface area (Å²) >= 11 is 0. The quantitative estimate of drug-likeness (QED) is 0.662. The van der Waals surface area contributed by atoms with Crippen molar-refractivity contribution in [2.24, 2.45) is 0 Å². The van der Waals surface area contributed by atoms with Crippen molar-refractivity contribution in [2.45, 2.75) is 44.6 Å². The molecule has 0 fully saturated rings. The highest BCUT2D eigenvalue weighted by atomic mass is 16.2. The zero-order valence-electron chi connectivity index (χ0n) is 16.4. The number of anilines is 1. The number of rotatable bonds is 4. The Hall–Kier alpha value is -3.14. The summed E-state index contributed by atoms with van der Waals surface area (Å²) < 4.78 is 2.01. The number of fused-ring (bicyclic) bond motifs is 2. The fourth-order valence-corrected chi connectivity index (χ4v) is 4.76. The minimum atomic E-state index is -0.216. The Morgan fingerprint density at radius 2 is 1.72 bits per heavy atom. The number of aryl methyl sites for hydroxylation is 1. The van der Waals surface area contributed by atoms with Crippen molar-refractivity contribution in [2.75, 3.05) is 5.32 Å². The largest absolute Gasteiger partial charge is 0.341 e. The van der Waals surface area contributed by atoms with E-state index in [1.165, 1.54) is 24.0 Å². The van der Waals surface area contributed by atoms with Crippen LogP contribution in [0.1, 0.15) is 58.1 Å². The van der Waals surface area contributed by atoms with E-state index in [1.54, 1.807) is 0 Å². The summed E-state index contributed by atoms with van der Waals surface area (Å²) in [5.74, 6) is -0.179. The molecular weight excluding hydrogens is 360 g/mol. The van der Waals surface area contributed by atoms with Crippen LogP contribution in [0.5, 0.6) is 0 Å².